The molecule has 0 aliphatic rings. The Hall–Kier alpha value is -3.59. The summed E-state index contributed by atoms with van der Waals surface area (Å²) in [5.41, 5.74) is 0. The fourth-order valence-electron chi connectivity index (χ4n) is 8.12. The first kappa shape index (κ1) is 73.4. The van der Waals surface area contributed by atoms with E-state index < -0.39 is 20.0 Å². The molecule has 0 radical (unpaired) electrons. The number of phosphoric acid groups is 1. The lowest BCUT2D eigenvalue weighted by Crippen LogP contribution is -2.47. The zero-order chi connectivity index (χ0) is 56.4. The molecular weight excluding hydrogens is 976 g/mol. The van der Waals surface area contributed by atoms with E-state index in [1.54, 1.807) is 0 Å². The Bertz CT molecular complexity index is 1730. The molecule has 10 heteroatoms. The number of hydrogen-bond acceptors (Lipinski definition) is 6. The van der Waals surface area contributed by atoms with E-state index in [9.17, 15) is 19.0 Å². The summed E-state index contributed by atoms with van der Waals surface area (Å²) in [5, 5.41) is 3.03. The highest BCUT2D eigenvalue weighted by molar-refractivity contribution is 7.47. The number of amides is 1. The van der Waals surface area contributed by atoms with E-state index >= 15 is 0 Å². The molecular formula is C67H116N2O7P+. The second-order valence-corrected chi connectivity index (χ2v) is 22.9. The first-order valence-electron chi connectivity index (χ1n) is 30.9. The molecule has 0 aliphatic heterocycles. The van der Waals surface area contributed by atoms with Gasteiger partial charge in [0.05, 0.1) is 33.8 Å². The number of quaternary nitrogens is 1. The predicted octanol–water partition coefficient (Wildman–Crippen LogP) is 19.1. The minimum absolute atomic E-state index is 0.0233. The van der Waals surface area contributed by atoms with E-state index in [0.717, 1.165) is 122 Å². The average Bonchev–Trinajstić information content (AvgIpc) is 3.39. The van der Waals surface area contributed by atoms with E-state index in [-0.39, 0.29) is 37.9 Å². The van der Waals surface area contributed by atoms with Crippen LogP contribution in [0, 0.1) is 0 Å². The maximum Gasteiger partial charge on any atom is 0.472 e. The third kappa shape index (κ3) is 56.9. The summed E-state index contributed by atoms with van der Waals surface area (Å²) in [7, 11) is 1.44. The van der Waals surface area contributed by atoms with Crippen LogP contribution in [0.5, 0.6) is 0 Å². The van der Waals surface area contributed by atoms with Gasteiger partial charge in [-0.05, 0) is 122 Å². The molecule has 0 aliphatic carbocycles. The number of unbranched alkanes of at least 4 members (excludes halogenated alkanes) is 20. The quantitative estimate of drug-likeness (QED) is 0.0205. The number of hydrogen-bond donors (Lipinski definition) is 2. The van der Waals surface area contributed by atoms with Crippen molar-refractivity contribution in [3.05, 3.63) is 122 Å². The fraction of sp³-hybridized carbons (Fsp3) is 0.672. The van der Waals surface area contributed by atoms with Gasteiger partial charge in [-0.15, -0.1) is 0 Å². The molecule has 0 spiro atoms. The lowest BCUT2D eigenvalue weighted by molar-refractivity contribution is -0.870. The van der Waals surface area contributed by atoms with Crippen LogP contribution in [-0.4, -0.2) is 74.3 Å². The van der Waals surface area contributed by atoms with Crippen LogP contribution in [0.2, 0.25) is 0 Å². The molecule has 2 N–H and O–H groups in total. The Morgan fingerprint density at radius 3 is 1.29 bits per heavy atom. The first-order chi connectivity index (χ1) is 37.4. The predicted molar refractivity (Wildman–Crippen MR) is 332 cm³/mol. The molecule has 3 unspecified atom stereocenters. The summed E-state index contributed by atoms with van der Waals surface area (Å²) < 4.78 is 30.6. The molecule has 3 atom stereocenters. The Balaban J connectivity index is 5.34. The smallest absolute Gasteiger partial charge is 0.456 e. The number of allylic oxidation sites excluding steroid dienone is 19. The zero-order valence-electron chi connectivity index (χ0n) is 50.2. The first-order valence-corrected chi connectivity index (χ1v) is 32.4. The molecule has 0 rings (SSSR count). The zero-order valence-corrected chi connectivity index (χ0v) is 51.1. The standard InChI is InChI=1S/C67H115N2O7P/c1-7-10-13-16-19-22-25-27-29-31-33-34-36-38-40-42-45-48-51-54-57-60-67(71)76-65(58-55-52-49-46-43-24-21-18-15-12-9-3)64(63-75-77(72,73)74-62-61-69(4,5)6)68-66(70)59-56-53-50-47-44-41-39-37-35-32-30-28-26-23-20-17-14-11-8-2/h11,14,19-20,22-23,27-30,33-35,37-38,40-41,44,55,58,64-65H,7-10,12-13,15-18,21,24-26,31-32,36,39,42-43,45-54,56-57,59-63H2,1-6H3,(H-,68,70,72,73)/p+1/b14-11-,22-19-,23-20-,29-27-,30-28-,34-33-,37-35-,40-38-,44-41-,58-55+. The number of carbonyl (C=O) groups is 2. The van der Waals surface area contributed by atoms with Gasteiger partial charge in [0.25, 0.3) is 0 Å². The van der Waals surface area contributed by atoms with Crippen LogP contribution in [0.15, 0.2) is 122 Å². The Morgan fingerprint density at radius 2 is 0.831 bits per heavy atom. The highest BCUT2D eigenvalue weighted by Crippen LogP contribution is 2.43. The van der Waals surface area contributed by atoms with E-state index in [0.29, 0.717) is 23.9 Å². The van der Waals surface area contributed by atoms with Crippen molar-refractivity contribution in [1.82, 2.24) is 5.32 Å². The highest BCUT2D eigenvalue weighted by Gasteiger charge is 2.30. The second kappa shape index (κ2) is 55.7. The summed E-state index contributed by atoms with van der Waals surface area (Å²) in [6, 6.07) is -0.882. The normalized spacial score (nSPS) is 14.5. The molecule has 0 aromatic carbocycles. The molecule has 0 aromatic heterocycles. The Morgan fingerprint density at radius 1 is 0.468 bits per heavy atom. The molecule has 9 nitrogen and oxygen atoms in total. The SMILES string of the molecule is CC/C=C\C/C=C\C/C=C\C/C=C\C/C=C\CCCCCC(=O)NC(COP(=O)(O)OCC[N+](C)(C)C)C(/C=C/CCCCCCCCCCC)OC(=O)CCCCCCC/C=C\C/C=C\C/C=C\C/C=C\CCCCC. The lowest BCUT2D eigenvalue weighted by Gasteiger charge is -2.27. The van der Waals surface area contributed by atoms with E-state index in [2.05, 4.69) is 135 Å². The van der Waals surface area contributed by atoms with Crippen LogP contribution >= 0.6 is 7.82 Å². The number of nitrogens with one attached hydrogen (secondary N) is 1. The van der Waals surface area contributed by atoms with Gasteiger partial charge in [0.1, 0.15) is 19.3 Å². The summed E-state index contributed by atoms with van der Waals surface area (Å²) in [6.07, 6.45) is 77.7. The van der Waals surface area contributed by atoms with Crippen molar-refractivity contribution in [2.45, 2.75) is 251 Å². The van der Waals surface area contributed by atoms with Crippen molar-refractivity contribution in [3.8, 4) is 0 Å². The van der Waals surface area contributed by atoms with Crippen LogP contribution in [0.25, 0.3) is 0 Å². The summed E-state index contributed by atoms with van der Waals surface area (Å²) >= 11 is 0. The van der Waals surface area contributed by atoms with E-state index in [1.165, 1.54) is 70.6 Å². The minimum Gasteiger partial charge on any atom is -0.456 e. The van der Waals surface area contributed by atoms with Gasteiger partial charge in [-0.2, -0.15) is 0 Å². The van der Waals surface area contributed by atoms with Gasteiger partial charge in [0, 0.05) is 12.8 Å². The number of nitrogens with zero attached hydrogens (tertiary/aromatic N) is 1. The van der Waals surface area contributed by atoms with Gasteiger partial charge in [0.15, 0.2) is 0 Å². The molecule has 440 valence electrons. The average molecular weight is 1090 g/mol. The van der Waals surface area contributed by atoms with Gasteiger partial charge in [-0.3, -0.25) is 18.6 Å². The molecule has 0 bridgehead atoms. The maximum atomic E-state index is 13.5. The molecule has 77 heavy (non-hydrogen) atoms. The Kier molecular flexibility index (Phi) is 53.1. The van der Waals surface area contributed by atoms with Crippen LogP contribution < -0.4 is 5.32 Å². The van der Waals surface area contributed by atoms with Crippen LogP contribution in [0.4, 0.5) is 0 Å². The molecule has 1 amide bonds. The number of carbonyl (C=O) groups excluding carboxylic acids is 2. The molecule has 0 saturated carbocycles. The third-order valence-electron chi connectivity index (χ3n) is 12.9. The summed E-state index contributed by atoms with van der Waals surface area (Å²) in [6.45, 7) is 6.81. The van der Waals surface area contributed by atoms with Gasteiger partial charge in [-0.1, -0.05) is 226 Å². The van der Waals surface area contributed by atoms with Crippen molar-refractivity contribution < 1.29 is 37.3 Å². The van der Waals surface area contributed by atoms with Crippen molar-refractivity contribution in [2.75, 3.05) is 40.9 Å². The summed E-state index contributed by atoms with van der Waals surface area (Å²) in [5.74, 6) is -0.573. The van der Waals surface area contributed by atoms with Crippen molar-refractivity contribution >= 4 is 19.7 Å². The van der Waals surface area contributed by atoms with Crippen molar-refractivity contribution in [3.63, 3.8) is 0 Å². The van der Waals surface area contributed by atoms with Gasteiger partial charge >= 0.3 is 13.8 Å². The molecule has 0 fully saturated rings. The topological polar surface area (TPSA) is 111 Å². The third-order valence-corrected chi connectivity index (χ3v) is 13.9. The van der Waals surface area contributed by atoms with Gasteiger partial charge < -0.3 is 19.4 Å². The highest BCUT2D eigenvalue weighted by atomic mass is 31.2. The molecule has 0 heterocycles. The van der Waals surface area contributed by atoms with Crippen LogP contribution in [0.1, 0.15) is 239 Å². The van der Waals surface area contributed by atoms with E-state index in [4.69, 9.17) is 13.8 Å². The number of rotatable bonds is 54. The van der Waals surface area contributed by atoms with Crippen molar-refractivity contribution in [1.29, 1.82) is 0 Å². The maximum absolute atomic E-state index is 13.5. The number of phosphoric ester groups is 1. The van der Waals surface area contributed by atoms with E-state index in [1.807, 2.05) is 33.3 Å². The summed E-state index contributed by atoms with van der Waals surface area (Å²) in [4.78, 5) is 37.7. The fourth-order valence-corrected chi connectivity index (χ4v) is 8.86. The molecule has 0 saturated heterocycles. The molecule has 0 aromatic rings. The second-order valence-electron chi connectivity index (χ2n) is 21.5. The number of likely N-dealkylation sites (N-methyl/N-ethyl adjacent to an activating group) is 1. The number of ether oxygens (including phenoxy) is 1. The van der Waals surface area contributed by atoms with Gasteiger partial charge in [-0.25, -0.2) is 4.57 Å². The monoisotopic (exact) mass is 1090 g/mol. The number of esters is 1. The van der Waals surface area contributed by atoms with Crippen LogP contribution in [-0.2, 0) is 27.9 Å². The van der Waals surface area contributed by atoms with Crippen LogP contribution in [0.3, 0.4) is 0 Å². The minimum atomic E-state index is -4.47. The van der Waals surface area contributed by atoms with Gasteiger partial charge in [0.2, 0.25) is 5.91 Å². The Labute approximate surface area is 473 Å². The lowest BCUT2D eigenvalue weighted by atomic mass is 10.1. The van der Waals surface area contributed by atoms with Crippen molar-refractivity contribution in [2.24, 2.45) is 0 Å². The largest absolute Gasteiger partial charge is 0.472 e.